The van der Waals surface area contributed by atoms with Crippen LogP contribution in [0.5, 0.6) is 0 Å². The molecule has 114 valence electrons. The molecule has 3 rings (SSSR count). The molecule has 0 atom stereocenters. The van der Waals surface area contributed by atoms with Gasteiger partial charge in [-0.1, -0.05) is 6.92 Å². The molecule has 0 aromatic carbocycles. The van der Waals surface area contributed by atoms with Gasteiger partial charge in [-0.3, -0.25) is 9.98 Å². The lowest BCUT2D eigenvalue weighted by Gasteiger charge is -2.09. The van der Waals surface area contributed by atoms with Gasteiger partial charge in [0.25, 0.3) is 0 Å². The van der Waals surface area contributed by atoms with Crippen LogP contribution in [0.25, 0.3) is 11.3 Å². The van der Waals surface area contributed by atoms with Gasteiger partial charge in [0.1, 0.15) is 17.2 Å². The molecule has 1 saturated carbocycles. The second-order valence-corrected chi connectivity index (χ2v) is 6.39. The largest absolute Gasteiger partial charge is 0.382 e. The number of nitrogens with two attached hydrogens (primary N) is 1. The number of hydrogen-bond acceptors (Lipinski definition) is 6. The SMILES string of the molecule is CCSc1cc(-c2cnc(C3CC3)nn2)cnc1C(N)=NC. The molecule has 0 radical (unpaired) electrons. The molecule has 0 unspecified atom stereocenters. The molecule has 1 fully saturated rings. The molecule has 6 nitrogen and oxygen atoms in total. The van der Waals surface area contributed by atoms with Crippen LogP contribution in [0, 0.1) is 0 Å². The van der Waals surface area contributed by atoms with Gasteiger partial charge >= 0.3 is 0 Å². The van der Waals surface area contributed by atoms with Crippen LogP contribution in [0.4, 0.5) is 0 Å². The summed E-state index contributed by atoms with van der Waals surface area (Å²) in [7, 11) is 1.66. The summed E-state index contributed by atoms with van der Waals surface area (Å²) in [6, 6.07) is 2.02. The molecular weight excluding hydrogens is 296 g/mol. The molecule has 2 heterocycles. The number of thioether (sulfide) groups is 1. The molecule has 0 spiro atoms. The third kappa shape index (κ3) is 3.09. The fourth-order valence-electron chi connectivity index (χ4n) is 2.09. The summed E-state index contributed by atoms with van der Waals surface area (Å²) in [5.74, 6) is 2.73. The summed E-state index contributed by atoms with van der Waals surface area (Å²) in [4.78, 5) is 13.9. The second kappa shape index (κ2) is 6.39. The van der Waals surface area contributed by atoms with E-state index in [2.05, 4.69) is 32.1 Å². The molecule has 22 heavy (non-hydrogen) atoms. The summed E-state index contributed by atoms with van der Waals surface area (Å²) >= 11 is 1.68. The zero-order chi connectivity index (χ0) is 15.5. The molecular formula is C15H18N6S. The summed E-state index contributed by atoms with van der Waals surface area (Å²) in [6.45, 7) is 2.09. The molecule has 2 aromatic heterocycles. The Balaban J connectivity index is 1.94. The van der Waals surface area contributed by atoms with E-state index >= 15 is 0 Å². The van der Waals surface area contributed by atoms with Crippen molar-refractivity contribution in [2.75, 3.05) is 12.8 Å². The van der Waals surface area contributed by atoms with Gasteiger partial charge in [-0.25, -0.2) is 4.98 Å². The first-order valence-electron chi connectivity index (χ1n) is 7.28. The maximum absolute atomic E-state index is 5.91. The summed E-state index contributed by atoms with van der Waals surface area (Å²) in [6.07, 6.45) is 5.86. The molecule has 1 aliphatic carbocycles. The standard InChI is InChI=1S/C15H18N6S/c1-3-22-12-6-10(7-18-13(12)14(16)17-2)11-8-19-15(21-20-11)9-4-5-9/h6-9H,3-5H2,1-2H3,(H2,16,17). The molecule has 2 aromatic rings. The molecule has 0 amide bonds. The third-order valence-corrected chi connectivity index (χ3v) is 4.36. The number of rotatable bonds is 5. The molecule has 0 bridgehead atoms. The predicted molar refractivity (Wildman–Crippen MR) is 88.1 cm³/mol. The highest BCUT2D eigenvalue weighted by atomic mass is 32.2. The minimum Gasteiger partial charge on any atom is -0.382 e. The number of nitrogens with zero attached hydrogens (tertiary/aromatic N) is 5. The first-order chi connectivity index (χ1) is 10.7. The van der Waals surface area contributed by atoms with E-state index in [1.807, 2.05) is 6.07 Å². The number of hydrogen-bond donors (Lipinski definition) is 1. The van der Waals surface area contributed by atoms with Crippen LogP contribution < -0.4 is 5.73 Å². The Morgan fingerprint density at radius 3 is 2.73 bits per heavy atom. The van der Waals surface area contributed by atoms with Crippen LogP contribution in [-0.4, -0.2) is 38.8 Å². The second-order valence-electron chi connectivity index (χ2n) is 5.09. The third-order valence-electron chi connectivity index (χ3n) is 3.45. The Hall–Kier alpha value is -2.02. The Morgan fingerprint density at radius 2 is 2.14 bits per heavy atom. The van der Waals surface area contributed by atoms with E-state index in [1.165, 1.54) is 12.8 Å². The van der Waals surface area contributed by atoms with Crippen molar-refractivity contribution in [2.45, 2.75) is 30.6 Å². The van der Waals surface area contributed by atoms with Gasteiger partial charge in [0.2, 0.25) is 0 Å². The average molecular weight is 314 g/mol. The predicted octanol–water partition coefficient (Wildman–Crippen LogP) is 2.26. The van der Waals surface area contributed by atoms with E-state index in [0.717, 1.165) is 27.7 Å². The summed E-state index contributed by atoms with van der Waals surface area (Å²) in [5.41, 5.74) is 8.25. The zero-order valence-corrected chi connectivity index (χ0v) is 13.5. The van der Waals surface area contributed by atoms with Crippen molar-refractivity contribution >= 4 is 17.6 Å². The van der Waals surface area contributed by atoms with Gasteiger partial charge in [0.15, 0.2) is 5.82 Å². The van der Waals surface area contributed by atoms with Crippen molar-refractivity contribution in [1.82, 2.24) is 20.2 Å². The van der Waals surface area contributed by atoms with Crippen molar-refractivity contribution in [3.05, 3.63) is 30.0 Å². The maximum Gasteiger partial charge on any atom is 0.153 e. The minimum atomic E-state index is 0.441. The minimum absolute atomic E-state index is 0.441. The normalized spacial score (nSPS) is 15.1. The molecule has 7 heteroatoms. The molecule has 2 N–H and O–H groups in total. The Morgan fingerprint density at radius 1 is 1.32 bits per heavy atom. The Labute approximate surface area is 133 Å². The van der Waals surface area contributed by atoms with Crippen molar-refractivity contribution in [3.63, 3.8) is 0 Å². The monoisotopic (exact) mass is 314 g/mol. The topological polar surface area (TPSA) is 89.9 Å². The number of aromatic nitrogens is 4. The maximum atomic E-state index is 5.91. The van der Waals surface area contributed by atoms with E-state index in [9.17, 15) is 0 Å². The van der Waals surface area contributed by atoms with Crippen LogP contribution in [0.2, 0.25) is 0 Å². The van der Waals surface area contributed by atoms with Crippen molar-refractivity contribution < 1.29 is 0 Å². The van der Waals surface area contributed by atoms with Crippen molar-refractivity contribution in [2.24, 2.45) is 10.7 Å². The number of pyridine rings is 1. The fourth-order valence-corrected chi connectivity index (χ4v) is 2.91. The lowest BCUT2D eigenvalue weighted by molar-refractivity contribution is 0.842. The van der Waals surface area contributed by atoms with Crippen LogP contribution >= 0.6 is 11.8 Å². The highest BCUT2D eigenvalue weighted by Crippen LogP contribution is 2.37. The lowest BCUT2D eigenvalue weighted by atomic mass is 10.2. The molecule has 0 saturated heterocycles. The molecule has 1 aliphatic rings. The van der Waals surface area contributed by atoms with E-state index in [1.54, 1.807) is 31.2 Å². The quantitative estimate of drug-likeness (QED) is 0.517. The van der Waals surface area contributed by atoms with E-state index in [-0.39, 0.29) is 0 Å². The Bertz CT molecular complexity index is 694. The van der Waals surface area contributed by atoms with Crippen molar-refractivity contribution in [3.8, 4) is 11.3 Å². The first kappa shape index (κ1) is 14.9. The highest BCUT2D eigenvalue weighted by Gasteiger charge is 2.26. The van der Waals surface area contributed by atoms with E-state index < -0.39 is 0 Å². The van der Waals surface area contributed by atoms with Gasteiger partial charge < -0.3 is 5.73 Å². The van der Waals surface area contributed by atoms with Crippen LogP contribution in [-0.2, 0) is 0 Å². The van der Waals surface area contributed by atoms with E-state index in [4.69, 9.17) is 5.73 Å². The van der Waals surface area contributed by atoms with Crippen LogP contribution in [0.15, 0.2) is 28.3 Å². The average Bonchev–Trinajstić information content (AvgIpc) is 3.39. The van der Waals surface area contributed by atoms with Gasteiger partial charge in [-0.15, -0.1) is 22.0 Å². The van der Waals surface area contributed by atoms with Crippen molar-refractivity contribution in [1.29, 1.82) is 0 Å². The first-order valence-corrected chi connectivity index (χ1v) is 8.27. The lowest BCUT2D eigenvalue weighted by Crippen LogP contribution is -2.16. The Kier molecular flexibility index (Phi) is 4.33. The zero-order valence-electron chi connectivity index (χ0n) is 12.7. The molecule has 0 aliphatic heterocycles. The van der Waals surface area contributed by atoms with E-state index in [0.29, 0.717) is 17.4 Å². The summed E-state index contributed by atoms with van der Waals surface area (Å²) < 4.78 is 0. The number of amidine groups is 1. The van der Waals surface area contributed by atoms with Gasteiger partial charge in [-0.2, -0.15) is 0 Å². The highest BCUT2D eigenvalue weighted by molar-refractivity contribution is 7.99. The van der Waals surface area contributed by atoms with Gasteiger partial charge in [-0.05, 0) is 24.7 Å². The van der Waals surface area contributed by atoms with Crippen LogP contribution in [0.3, 0.4) is 0 Å². The smallest absolute Gasteiger partial charge is 0.153 e. The van der Waals surface area contributed by atoms with Crippen LogP contribution in [0.1, 0.15) is 37.2 Å². The fraction of sp³-hybridized carbons (Fsp3) is 0.400. The van der Waals surface area contributed by atoms with Gasteiger partial charge in [0, 0.05) is 29.6 Å². The number of aliphatic imine (C=N–C) groups is 1. The summed E-state index contributed by atoms with van der Waals surface area (Å²) in [5, 5.41) is 8.51. The van der Waals surface area contributed by atoms with Gasteiger partial charge in [0.05, 0.1) is 6.20 Å².